The second kappa shape index (κ2) is 6.83. The molecular formula is C15H14ClNO3S. The summed E-state index contributed by atoms with van der Waals surface area (Å²) in [5.41, 5.74) is 0.995. The lowest BCUT2D eigenvalue weighted by Crippen LogP contribution is -2.09. The van der Waals surface area contributed by atoms with Gasteiger partial charge in [0.15, 0.2) is 11.5 Å². The maximum absolute atomic E-state index is 11.8. The topological polar surface area (TPSA) is 56.3 Å². The predicted octanol–water partition coefficient (Wildman–Crippen LogP) is 3.77. The molecule has 1 aromatic carbocycles. The Balaban J connectivity index is 2.34. The van der Waals surface area contributed by atoms with Gasteiger partial charge in [0.25, 0.3) is 0 Å². The van der Waals surface area contributed by atoms with Crippen LogP contribution in [0.5, 0.6) is 0 Å². The van der Waals surface area contributed by atoms with Crippen molar-refractivity contribution in [2.45, 2.75) is 20.3 Å². The minimum absolute atomic E-state index is 0.0939. The molecule has 0 aliphatic rings. The zero-order valence-corrected chi connectivity index (χ0v) is 13.3. The highest BCUT2D eigenvalue weighted by Crippen LogP contribution is 2.25. The van der Waals surface area contributed by atoms with Gasteiger partial charge >= 0.3 is 5.97 Å². The summed E-state index contributed by atoms with van der Waals surface area (Å²) in [5.74, 6) is -0.759. The zero-order chi connectivity index (χ0) is 15.4. The molecule has 0 N–H and O–H groups in total. The molecule has 1 heterocycles. The summed E-state index contributed by atoms with van der Waals surface area (Å²) in [6, 6.07) is 7.41. The largest absolute Gasteiger partial charge is 0.461 e. The summed E-state index contributed by atoms with van der Waals surface area (Å²) in [5, 5.41) is 1.30. The Hall–Kier alpha value is -1.72. The van der Waals surface area contributed by atoms with Gasteiger partial charge in [-0.1, -0.05) is 29.8 Å². The van der Waals surface area contributed by atoms with Gasteiger partial charge in [-0.3, -0.25) is 4.79 Å². The summed E-state index contributed by atoms with van der Waals surface area (Å²) in [6.45, 7) is 3.37. The van der Waals surface area contributed by atoms with Crippen LogP contribution in [0.15, 0.2) is 24.3 Å². The van der Waals surface area contributed by atoms with Crippen LogP contribution in [0, 0.1) is 0 Å². The molecule has 4 nitrogen and oxygen atoms in total. The van der Waals surface area contributed by atoms with E-state index in [0.717, 1.165) is 5.56 Å². The number of nitrogens with zero attached hydrogens (tertiary/aromatic N) is 1. The van der Waals surface area contributed by atoms with E-state index in [2.05, 4.69) is 4.98 Å². The summed E-state index contributed by atoms with van der Waals surface area (Å²) in [7, 11) is 0. The van der Waals surface area contributed by atoms with Gasteiger partial charge in [0, 0.05) is 18.4 Å². The Labute approximate surface area is 131 Å². The minimum atomic E-state index is -0.565. The lowest BCUT2D eigenvalue weighted by atomic mass is 10.1. The summed E-state index contributed by atoms with van der Waals surface area (Å²) >= 11 is 7.32. The van der Waals surface area contributed by atoms with E-state index >= 15 is 0 Å². The quantitative estimate of drug-likeness (QED) is 0.621. The van der Waals surface area contributed by atoms with Crippen molar-refractivity contribution in [2.75, 3.05) is 6.61 Å². The van der Waals surface area contributed by atoms with Crippen LogP contribution < -0.4 is 0 Å². The standard InChI is InChI=1S/C15H14ClNO3S/c1-3-20-15(19)13-14(9(2)18)21-12(17-13)8-10-6-4-5-7-11(10)16/h4-7H,3,8H2,1-2H3. The number of esters is 1. The molecule has 6 heteroatoms. The number of carbonyl (C=O) groups excluding carboxylic acids is 2. The van der Waals surface area contributed by atoms with E-state index < -0.39 is 5.97 Å². The fourth-order valence-corrected chi connectivity index (χ4v) is 2.99. The van der Waals surface area contributed by atoms with Gasteiger partial charge in [-0.15, -0.1) is 11.3 Å². The molecule has 0 unspecified atom stereocenters. The van der Waals surface area contributed by atoms with Gasteiger partial charge < -0.3 is 4.74 Å². The van der Waals surface area contributed by atoms with Crippen LogP contribution in [0.3, 0.4) is 0 Å². The van der Waals surface area contributed by atoms with Gasteiger partial charge in [-0.2, -0.15) is 0 Å². The number of ketones is 1. The van der Waals surface area contributed by atoms with Crippen molar-refractivity contribution in [3.63, 3.8) is 0 Å². The van der Waals surface area contributed by atoms with Crippen LogP contribution in [-0.4, -0.2) is 23.3 Å². The van der Waals surface area contributed by atoms with Crippen LogP contribution in [0.25, 0.3) is 0 Å². The number of hydrogen-bond donors (Lipinski definition) is 0. The average molecular weight is 324 g/mol. The third kappa shape index (κ3) is 3.68. The molecule has 0 atom stereocenters. The first kappa shape index (κ1) is 15.7. The number of carbonyl (C=O) groups is 2. The highest BCUT2D eigenvalue weighted by atomic mass is 35.5. The SMILES string of the molecule is CCOC(=O)c1nc(Cc2ccccc2Cl)sc1C(C)=O. The number of thiazole rings is 1. The monoisotopic (exact) mass is 323 g/mol. The van der Waals surface area contributed by atoms with Crippen LogP contribution in [0.2, 0.25) is 5.02 Å². The van der Waals surface area contributed by atoms with Crippen molar-refractivity contribution in [1.82, 2.24) is 4.98 Å². The smallest absolute Gasteiger partial charge is 0.358 e. The first-order chi connectivity index (χ1) is 10.0. The lowest BCUT2D eigenvalue weighted by molar-refractivity contribution is 0.0517. The van der Waals surface area contributed by atoms with Crippen LogP contribution >= 0.6 is 22.9 Å². The number of halogens is 1. The van der Waals surface area contributed by atoms with E-state index in [4.69, 9.17) is 16.3 Å². The van der Waals surface area contributed by atoms with E-state index in [9.17, 15) is 9.59 Å². The van der Waals surface area contributed by atoms with Crippen LogP contribution in [0.4, 0.5) is 0 Å². The van der Waals surface area contributed by atoms with E-state index in [1.807, 2.05) is 18.2 Å². The van der Waals surface area contributed by atoms with Gasteiger partial charge in [0.1, 0.15) is 4.88 Å². The Bertz CT molecular complexity index is 681. The average Bonchev–Trinajstić information content (AvgIpc) is 2.86. The molecule has 0 bridgehead atoms. The van der Waals surface area contributed by atoms with Crippen LogP contribution in [-0.2, 0) is 11.2 Å². The van der Waals surface area contributed by atoms with E-state index in [-0.39, 0.29) is 18.1 Å². The van der Waals surface area contributed by atoms with Gasteiger partial charge in [0.2, 0.25) is 0 Å². The van der Waals surface area contributed by atoms with Gasteiger partial charge in [-0.05, 0) is 18.6 Å². The summed E-state index contributed by atoms with van der Waals surface area (Å²) in [4.78, 5) is 28.1. The van der Waals surface area contributed by atoms with E-state index in [1.54, 1.807) is 13.0 Å². The number of rotatable bonds is 5. The Kier molecular flexibility index (Phi) is 5.09. The summed E-state index contributed by atoms with van der Waals surface area (Å²) < 4.78 is 4.93. The number of ether oxygens (including phenoxy) is 1. The molecule has 0 aliphatic carbocycles. The number of benzene rings is 1. The third-order valence-electron chi connectivity index (χ3n) is 2.76. The first-order valence-electron chi connectivity index (χ1n) is 6.44. The van der Waals surface area contributed by atoms with Crippen LogP contribution in [0.1, 0.15) is 44.6 Å². The minimum Gasteiger partial charge on any atom is -0.461 e. The number of aromatic nitrogens is 1. The lowest BCUT2D eigenvalue weighted by Gasteiger charge is -2.00. The van der Waals surface area contributed by atoms with Gasteiger partial charge in [-0.25, -0.2) is 9.78 Å². The molecule has 2 aromatic rings. The maximum Gasteiger partial charge on any atom is 0.358 e. The Morgan fingerprint density at radius 2 is 2.05 bits per heavy atom. The molecule has 110 valence electrons. The highest BCUT2D eigenvalue weighted by Gasteiger charge is 2.22. The van der Waals surface area contributed by atoms with Crippen molar-refractivity contribution >= 4 is 34.7 Å². The molecule has 2 rings (SSSR count). The Morgan fingerprint density at radius 3 is 2.67 bits per heavy atom. The van der Waals surface area contributed by atoms with Gasteiger partial charge in [0.05, 0.1) is 11.6 Å². The first-order valence-corrected chi connectivity index (χ1v) is 7.63. The molecule has 21 heavy (non-hydrogen) atoms. The van der Waals surface area contributed by atoms with Crippen molar-refractivity contribution in [3.05, 3.63) is 50.4 Å². The van der Waals surface area contributed by atoms with Crippen molar-refractivity contribution in [2.24, 2.45) is 0 Å². The molecule has 0 spiro atoms. The second-order valence-electron chi connectivity index (χ2n) is 4.33. The van der Waals surface area contributed by atoms with E-state index in [0.29, 0.717) is 21.3 Å². The highest BCUT2D eigenvalue weighted by molar-refractivity contribution is 7.14. The fourth-order valence-electron chi connectivity index (χ4n) is 1.82. The molecule has 1 aromatic heterocycles. The fraction of sp³-hybridized carbons (Fsp3) is 0.267. The Morgan fingerprint density at radius 1 is 1.33 bits per heavy atom. The predicted molar refractivity (Wildman–Crippen MR) is 82.3 cm³/mol. The molecule has 0 saturated carbocycles. The number of hydrogen-bond acceptors (Lipinski definition) is 5. The molecule has 0 saturated heterocycles. The van der Waals surface area contributed by atoms with Crippen molar-refractivity contribution in [3.8, 4) is 0 Å². The van der Waals surface area contributed by atoms with Crippen molar-refractivity contribution in [1.29, 1.82) is 0 Å². The van der Waals surface area contributed by atoms with Crippen molar-refractivity contribution < 1.29 is 14.3 Å². The normalized spacial score (nSPS) is 10.4. The molecular weight excluding hydrogens is 310 g/mol. The molecule has 0 fully saturated rings. The molecule has 0 amide bonds. The molecule has 0 radical (unpaired) electrons. The zero-order valence-electron chi connectivity index (χ0n) is 11.7. The van der Waals surface area contributed by atoms with E-state index in [1.165, 1.54) is 18.3 Å². The maximum atomic E-state index is 11.8. The summed E-state index contributed by atoms with van der Waals surface area (Å²) in [6.07, 6.45) is 0.476. The number of Topliss-reactive ketones (excluding diaryl/α,β-unsaturated/α-hetero) is 1. The second-order valence-corrected chi connectivity index (χ2v) is 5.82. The molecule has 0 aliphatic heterocycles. The third-order valence-corrected chi connectivity index (χ3v) is 4.28.